The van der Waals surface area contributed by atoms with Crippen LogP contribution in [0.25, 0.3) is 32.9 Å². The van der Waals surface area contributed by atoms with E-state index in [1.54, 1.807) is 0 Å². The molecule has 3 saturated heterocycles. The fourth-order valence-corrected chi connectivity index (χ4v) is 7.62. The second kappa shape index (κ2) is 11.0. The molecular formula is C35H35F3N6O2. The molecule has 5 heterocycles. The second-order valence-electron chi connectivity index (χ2n) is 13.6. The van der Waals surface area contributed by atoms with Crippen molar-refractivity contribution in [3.05, 3.63) is 47.7 Å². The molecule has 8 nitrogen and oxygen atoms in total. The monoisotopic (exact) mass is 628 g/mol. The van der Waals surface area contributed by atoms with E-state index < -0.39 is 23.2 Å². The number of halogens is 3. The number of phenols is 1. The zero-order valence-electron chi connectivity index (χ0n) is 25.6. The summed E-state index contributed by atoms with van der Waals surface area (Å²) in [4.78, 5) is 18.3. The molecule has 2 bridgehead atoms. The Labute approximate surface area is 265 Å². The van der Waals surface area contributed by atoms with Crippen LogP contribution in [0.5, 0.6) is 11.8 Å². The molecule has 4 aromatic rings. The van der Waals surface area contributed by atoms with Crippen LogP contribution in [0.4, 0.5) is 19.0 Å². The Bertz CT molecular complexity index is 1900. The van der Waals surface area contributed by atoms with Crippen molar-refractivity contribution in [2.75, 3.05) is 37.7 Å². The van der Waals surface area contributed by atoms with Gasteiger partial charge < -0.3 is 20.1 Å². The molecule has 1 aliphatic carbocycles. The highest BCUT2D eigenvalue weighted by Gasteiger charge is 2.45. The summed E-state index contributed by atoms with van der Waals surface area (Å²) in [6.07, 6.45) is 10.9. The van der Waals surface area contributed by atoms with Crippen molar-refractivity contribution in [1.82, 2.24) is 25.2 Å². The van der Waals surface area contributed by atoms with Crippen molar-refractivity contribution < 1.29 is 23.0 Å². The molecule has 4 atom stereocenters. The zero-order chi connectivity index (χ0) is 31.7. The van der Waals surface area contributed by atoms with Gasteiger partial charge in [-0.2, -0.15) is 9.97 Å². The van der Waals surface area contributed by atoms with E-state index in [0.717, 1.165) is 32.2 Å². The van der Waals surface area contributed by atoms with Gasteiger partial charge in [0, 0.05) is 66.9 Å². The number of nitrogens with zero attached hydrogens (tertiary/aromatic N) is 5. The number of aromatic hydroxyl groups is 1. The molecule has 8 rings (SSSR count). The van der Waals surface area contributed by atoms with Gasteiger partial charge in [0.05, 0.1) is 10.9 Å². The number of hydrogen-bond donors (Lipinski definition) is 2. The average Bonchev–Trinajstić information content (AvgIpc) is 3.84. The molecule has 2 aromatic carbocycles. The topological polar surface area (TPSA) is 86.6 Å². The summed E-state index contributed by atoms with van der Waals surface area (Å²) in [5.41, 5.74) is -0.865. The van der Waals surface area contributed by atoms with Gasteiger partial charge in [0.25, 0.3) is 0 Å². The number of hydrogen-bond acceptors (Lipinski definition) is 8. The first-order valence-electron chi connectivity index (χ1n) is 16.0. The van der Waals surface area contributed by atoms with Crippen molar-refractivity contribution in [3.8, 4) is 35.4 Å². The van der Waals surface area contributed by atoms with Gasteiger partial charge in [-0.25, -0.2) is 13.2 Å². The summed E-state index contributed by atoms with van der Waals surface area (Å²) >= 11 is 0. The summed E-state index contributed by atoms with van der Waals surface area (Å²) in [7, 11) is 0. The van der Waals surface area contributed by atoms with Gasteiger partial charge in [-0.05, 0) is 55.7 Å². The van der Waals surface area contributed by atoms with Gasteiger partial charge in [0.2, 0.25) is 0 Å². The van der Waals surface area contributed by atoms with E-state index in [1.807, 2.05) is 6.92 Å². The Morgan fingerprint density at radius 2 is 1.89 bits per heavy atom. The number of terminal acetylenes is 1. The van der Waals surface area contributed by atoms with Crippen LogP contribution in [0.1, 0.15) is 44.6 Å². The van der Waals surface area contributed by atoms with Crippen LogP contribution < -0.4 is 15.0 Å². The average molecular weight is 629 g/mol. The van der Waals surface area contributed by atoms with Gasteiger partial charge in [-0.15, -0.1) is 6.42 Å². The molecule has 1 saturated carbocycles. The van der Waals surface area contributed by atoms with Crippen LogP contribution in [0.2, 0.25) is 0 Å². The number of piperidine rings is 1. The maximum atomic E-state index is 16.8. The molecule has 4 fully saturated rings. The van der Waals surface area contributed by atoms with E-state index in [-0.39, 0.29) is 58.2 Å². The highest BCUT2D eigenvalue weighted by atomic mass is 19.1. The lowest BCUT2D eigenvalue weighted by molar-refractivity contribution is -0.0200. The summed E-state index contributed by atoms with van der Waals surface area (Å²) in [6.45, 7) is 4.58. The second-order valence-corrected chi connectivity index (χ2v) is 13.6. The molecule has 46 heavy (non-hydrogen) atoms. The number of likely N-dealkylation sites (tertiary alicyclic amines) is 1. The van der Waals surface area contributed by atoms with Crippen molar-refractivity contribution in [3.63, 3.8) is 0 Å². The Hall–Kier alpha value is -4.14. The minimum absolute atomic E-state index is 0.0313. The van der Waals surface area contributed by atoms with Crippen LogP contribution >= 0.6 is 0 Å². The van der Waals surface area contributed by atoms with Crippen molar-refractivity contribution in [1.29, 1.82) is 0 Å². The molecule has 2 N–H and O–H groups in total. The minimum atomic E-state index is -1.05. The van der Waals surface area contributed by atoms with Crippen molar-refractivity contribution >= 4 is 27.5 Å². The first-order valence-corrected chi connectivity index (χ1v) is 16.0. The molecule has 0 unspecified atom stereocenters. The lowest BCUT2D eigenvalue weighted by Crippen LogP contribution is -2.52. The van der Waals surface area contributed by atoms with Crippen LogP contribution in [0.3, 0.4) is 0 Å². The van der Waals surface area contributed by atoms with E-state index >= 15 is 8.78 Å². The minimum Gasteiger partial charge on any atom is -0.508 e. The normalized spacial score (nSPS) is 26.5. The number of anilines is 1. The van der Waals surface area contributed by atoms with Crippen molar-refractivity contribution in [2.24, 2.45) is 5.41 Å². The highest BCUT2D eigenvalue weighted by molar-refractivity contribution is 6.03. The van der Waals surface area contributed by atoms with Crippen LogP contribution in [0.15, 0.2) is 30.5 Å². The number of pyridine rings is 1. The summed E-state index contributed by atoms with van der Waals surface area (Å²) in [5.74, 6) is 1.30. The van der Waals surface area contributed by atoms with Crippen molar-refractivity contribution in [2.45, 2.75) is 63.3 Å². The lowest BCUT2D eigenvalue weighted by Gasteiger charge is -2.42. The number of benzene rings is 2. The predicted octanol–water partition coefficient (Wildman–Crippen LogP) is 5.34. The van der Waals surface area contributed by atoms with Crippen LogP contribution in [0, 0.1) is 29.4 Å². The number of aromatic nitrogens is 3. The predicted molar refractivity (Wildman–Crippen MR) is 170 cm³/mol. The van der Waals surface area contributed by atoms with Gasteiger partial charge in [0.1, 0.15) is 41.4 Å². The molecule has 0 amide bonds. The van der Waals surface area contributed by atoms with E-state index in [9.17, 15) is 9.50 Å². The summed E-state index contributed by atoms with van der Waals surface area (Å²) < 4.78 is 53.2. The maximum absolute atomic E-state index is 16.8. The third-order valence-electron chi connectivity index (χ3n) is 10.2. The SMILES string of the molecule is C#Cc1c(F)ccc2cc(O)cc(-c3ncc4c(N5C[C@H]6CC[C@@H](C5)N6)nc(OC[C@@]5(C)CN(C6CC6)CC[C@H]5F)nc4c3F)c12. The Morgan fingerprint density at radius 3 is 2.63 bits per heavy atom. The number of piperazine rings is 1. The number of fused-ring (bicyclic) bond motifs is 4. The third-order valence-corrected chi connectivity index (χ3v) is 10.2. The van der Waals surface area contributed by atoms with E-state index in [2.05, 4.69) is 31.0 Å². The van der Waals surface area contributed by atoms with Crippen LogP contribution in [-0.2, 0) is 0 Å². The fourth-order valence-electron chi connectivity index (χ4n) is 7.62. The van der Waals surface area contributed by atoms with Crippen LogP contribution in [-0.4, -0.2) is 82.0 Å². The van der Waals surface area contributed by atoms with E-state index in [4.69, 9.17) is 16.1 Å². The molecular weight excluding hydrogens is 593 g/mol. The molecule has 3 aliphatic heterocycles. The highest BCUT2D eigenvalue weighted by Crippen LogP contribution is 2.41. The lowest BCUT2D eigenvalue weighted by atomic mass is 9.81. The van der Waals surface area contributed by atoms with E-state index in [1.165, 1.54) is 30.5 Å². The number of ether oxygens (including phenoxy) is 1. The van der Waals surface area contributed by atoms with Gasteiger partial charge in [0.15, 0.2) is 5.82 Å². The number of nitrogens with one attached hydrogen (secondary N) is 1. The summed E-state index contributed by atoms with van der Waals surface area (Å²) in [5, 5.41) is 15.2. The zero-order valence-corrected chi connectivity index (χ0v) is 25.6. The molecule has 0 spiro atoms. The molecule has 4 aliphatic rings. The van der Waals surface area contributed by atoms with Gasteiger partial charge >= 0.3 is 6.01 Å². The Morgan fingerprint density at radius 1 is 1.11 bits per heavy atom. The Balaban J connectivity index is 1.24. The molecule has 11 heteroatoms. The van der Waals surface area contributed by atoms with E-state index in [0.29, 0.717) is 48.7 Å². The number of phenolic OH excluding ortho intramolecular Hbond substituents is 1. The maximum Gasteiger partial charge on any atom is 0.319 e. The Kier molecular flexibility index (Phi) is 6.99. The first-order chi connectivity index (χ1) is 22.2. The molecule has 2 aromatic heterocycles. The van der Waals surface area contributed by atoms with Gasteiger partial charge in [-0.1, -0.05) is 18.9 Å². The number of alkyl halides is 1. The first kappa shape index (κ1) is 29.3. The largest absolute Gasteiger partial charge is 0.508 e. The fraction of sp³-hybridized carbons (Fsp3) is 0.457. The van der Waals surface area contributed by atoms with Gasteiger partial charge in [-0.3, -0.25) is 9.88 Å². The quantitative estimate of drug-likeness (QED) is 0.277. The molecule has 0 radical (unpaired) electrons. The smallest absolute Gasteiger partial charge is 0.319 e. The number of rotatable bonds is 6. The standard InChI is InChI=1S/C35H35F3N6O2/c1-3-24-27(36)9-4-19-12-23(45)13-25(29(19)24)31-30(38)32-26(14-39-31)33(44-15-20-5-6-21(16-44)40-20)42-34(41-32)46-18-35(2)17-43(22-7-8-22)11-10-28(35)37/h1,4,9,12-14,20-22,28,40,45H,5-8,10-11,15-18H2,2H3/t20-,21+,28-,35-/m1/s1. The third kappa shape index (κ3) is 4.99. The molecule has 238 valence electrons. The summed E-state index contributed by atoms with van der Waals surface area (Å²) in [6, 6.07) is 6.49.